The molecule has 198 valence electrons. The minimum Gasteiger partial charge on any atom is -0.756 e. The lowest BCUT2D eigenvalue weighted by Gasteiger charge is -2.39. The largest absolute Gasteiger partial charge is 0.756 e. The number of hydrogen-bond acceptors (Lipinski definition) is 4. The van der Waals surface area contributed by atoms with Crippen molar-refractivity contribution in [2.24, 2.45) is 0 Å². The van der Waals surface area contributed by atoms with Crippen LogP contribution in [0.1, 0.15) is 135 Å². The van der Waals surface area contributed by atoms with Gasteiger partial charge in [-0.15, -0.1) is 0 Å². The van der Waals surface area contributed by atoms with E-state index >= 15 is 0 Å². The molecule has 1 aliphatic carbocycles. The van der Waals surface area contributed by atoms with Crippen molar-refractivity contribution in [1.82, 2.24) is 0 Å². The SMILES string of the molecule is CCCCCCCCCCCCCCCCCCOP(=O)([O-])OC1CCC([N+](C)(C)C)CC1. The number of phosphoric acid groups is 1. The Morgan fingerprint density at radius 1 is 0.697 bits per heavy atom. The Hall–Kier alpha value is 0.0700. The van der Waals surface area contributed by atoms with E-state index in [9.17, 15) is 9.46 Å². The standard InChI is InChI=1S/C27H56NO4P/c1-5-6-7-8-9-10-11-12-13-14-15-16-17-18-19-20-25-31-33(29,30)32-27-23-21-26(22-24-27)28(2,3)4/h26-27H,5-25H2,1-4H3. The molecule has 0 saturated heterocycles. The second-order valence-electron chi connectivity index (χ2n) is 11.2. The minimum atomic E-state index is -4.17. The molecule has 0 amide bonds. The quantitative estimate of drug-likeness (QED) is 0.0939. The van der Waals surface area contributed by atoms with E-state index in [0.717, 1.165) is 43.0 Å². The molecule has 0 aromatic carbocycles. The van der Waals surface area contributed by atoms with Crippen LogP contribution in [0.4, 0.5) is 0 Å². The van der Waals surface area contributed by atoms with Crippen molar-refractivity contribution in [2.75, 3.05) is 27.7 Å². The summed E-state index contributed by atoms with van der Waals surface area (Å²) in [5.41, 5.74) is 0. The zero-order valence-corrected chi connectivity index (χ0v) is 23.4. The van der Waals surface area contributed by atoms with Crippen LogP contribution in [-0.4, -0.2) is 44.4 Å². The predicted molar refractivity (Wildman–Crippen MR) is 138 cm³/mol. The van der Waals surface area contributed by atoms with Gasteiger partial charge in [0.25, 0.3) is 7.82 Å². The summed E-state index contributed by atoms with van der Waals surface area (Å²) in [6, 6.07) is 0.585. The minimum absolute atomic E-state index is 0.207. The molecule has 0 spiro atoms. The maximum Gasteiger partial charge on any atom is 0.268 e. The van der Waals surface area contributed by atoms with E-state index in [-0.39, 0.29) is 12.7 Å². The van der Waals surface area contributed by atoms with E-state index in [1.165, 1.54) is 89.9 Å². The van der Waals surface area contributed by atoms with Crippen molar-refractivity contribution in [2.45, 2.75) is 147 Å². The zero-order valence-electron chi connectivity index (χ0n) is 22.5. The third-order valence-corrected chi connectivity index (χ3v) is 8.32. The predicted octanol–water partition coefficient (Wildman–Crippen LogP) is 7.77. The van der Waals surface area contributed by atoms with Crippen molar-refractivity contribution in [3.8, 4) is 0 Å². The van der Waals surface area contributed by atoms with Gasteiger partial charge in [0.05, 0.1) is 39.9 Å². The lowest BCUT2D eigenvalue weighted by Crippen LogP contribution is -2.47. The average Bonchev–Trinajstić information content (AvgIpc) is 2.75. The Labute approximate surface area is 206 Å². The Balaban J connectivity index is 1.88. The molecule has 5 nitrogen and oxygen atoms in total. The highest BCUT2D eigenvalue weighted by atomic mass is 31.2. The second kappa shape index (κ2) is 18.4. The fourth-order valence-electron chi connectivity index (χ4n) is 4.96. The molecule has 0 aromatic rings. The van der Waals surface area contributed by atoms with Crippen molar-refractivity contribution in [1.29, 1.82) is 0 Å². The monoisotopic (exact) mass is 489 g/mol. The van der Waals surface area contributed by atoms with Gasteiger partial charge >= 0.3 is 0 Å². The van der Waals surface area contributed by atoms with Crippen molar-refractivity contribution in [3.05, 3.63) is 0 Å². The lowest BCUT2D eigenvalue weighted by atomic mass is 9.91. The summed E-state index contributed by atoms with van der Waals surface area (Å²) in [4.78, 5) is 12.1. The fourth-order valence-corrected chi connectivity index (χ4v) is 5.95. The average molecular weight is 490 g/mol. The molecule has 1 rings (SSSR count). The first-order chi connectivity index (χ1) is 15.7. The lowest BCUT2D eigenvalue weighted by molar-refractivity contribution is -0.897. The zero-order chi connectivity index (χ0) is 24.4. The summed E-state index contributed by atoms with van der Waals surface area (Å²) >= 11 is 0. The molecule has 6 heteroatoms. The highest BCUT2D eigenvalue weighted by molar-refractivity contribution is 7.45. The van der Waals surface area contributed by atoms with Crippen LogP contribution in [0.2, 0.25) is 0 Å². The summed E-state index contributed by atoms with van der Waals surface area (Å²) in [7, 11) is 2.43. The number of rotatable bonds is 21. The third-order valence-electron chi connectivity index (χ3n) is 7.26. The van der Waals surface area contributed by atoms with Crippen LogP contribution in [-0.2, 0) is 13.6 Å². The van der Waals surface area contributed by atoms with E-state index in [1.54, 1.807) is 0 Å². The van der Waals surface area contributed by atoms with Gasteiger partial charge in [-0.1, -0.05) is 103 Å². The smallest absolute Gasteiger partial charge is 0.268 e. The van der Waals surface area contributed by atoms with Gasteiger partial charge in [0.15, 0.2) is 0 Å². The molecule has 0 N–H and O–H groups in total. The van der Waals surface area contributed by atoms with Crippen LogP contribution in [0.3, 0.4) is 0 Å². The van der Waals surface area contributed by atoms with Crippen LogP contribution >= 0.6 is 7.82 Å². The highest BCUT2D eigenvalue weighted by Gasteiger charge is 2.31. The van der Waals surface area contributed by atoms with Crippen LogP contribution < -0.4 is 4.89 Å². The van der Waals surface area contributed by atoms with Gasteiger partial charge in [0.1, 0.15) is 0 Å². The van der Waals surface area contributed by atoms with Gasteiger partial charge in [-0.3, -0.25) is 4.57 Å². The van der Waals surface area contributed by atoms with Crippen LogP contribution in [0.25, 0.3) is 0 Å². The van der Waals surface area contributed by atoms with Gasteiger partial charge in [0, 0.05) is 12.8 Å². The molecule has 0 heterocycles. The number of phosphoric ester groups is 1. The Kier molecular flexibility index (Phi) is 17.3. The van der Waals surface area contributed by atoms with Crippen LogP contribution in [0.5, 0.6) is 0 Å². The van der Waals surface area contributed by atoms with Gasteiger partial charge in [0.2, 0.25) is 0 Å². The topological polar surface area (TPSA) is 58.6 Å². The van der Waals surface area contributed by atoms with E-state index in [2.05, 4.69) is 28.1 Å². The first-order valence-corrected chi connectivity index (χ1v) is 15.7. The molecular formula is C27H56NO4P. The summed E-state index contributed by atoms with van der Waals surface area (Å²) in [5, 5.41) is 0. The third kappa shape index (κ3) is 17.2. The molecule has 0 aliphatic heterocycles. The molecule has 1 atom stereocenters. The maximum atomic E-state index is 12.1. The number of nitrogens with zero attached hydrogens (tertiary/aromatic N) is 1. The van der Waals surface area contributed by atoms with Crippen molar-refractivity contribution >= 4 is 7.82 Å². The molecule has 1 unspecified atom stereocenters. The second-order valence-corrected chi connectivity index (χ2v) is 12.6. The van der Waals surface area contributed by atoms with E-state index in [0.29, 0.717) is 6.04 Å². The molecular weight excluding hydrogens is 433 g/mol. The fraction of sp³-hybridized carbons (Fsp3) is 1.00. The number of unbranched alkanes of at least 4 members (excludes halogenated alkanes) is 15. The normalized spacial score (nSPS) is 21.2. The van der Waals surface area contributed by atoms with Crippen molar-refractivity contribution < 1.29 is 23.0 Å². The van der Waals surface area contributed by atoms with E-state index in [1.807, 2.05) is 0 Å². The molecule has 1 saturated carbocycles. The Bertz CT molecular complexity index is 501. The Morgan fingerprint density at radius 3 is 1.48 bits per heavy atom. The van der Waals surface area contributed by atoms with E-state index < -0.39 is 7.82 Å². The number of quaternary nitrogens is 1. The first kappa shape index (κ1) is 31.1. The summed E-state index contributed by atoms with van der Waals surface area (Å²) < 4.78 is 23.5. The number of hydrogen-bond donors (Lipinski definition) is 0. The van der Waals surface area contributed by atoms with Crippen LogP contribution in [0.15, 0.2) is 0 Å². The maximum absolute atomic E-state index is 12.1. The van der Waals surface area contributed by atoms with Gasteiger partial charge in [-0.2, -0.15) is 0 Å². The molecule has 0 aromatic heterocycles. The molecule has 0 radical (unpaired) electrons. The molecule has 1 aliphatic rings. The van der Waals surface area contributed by atoms with Crippen LogP contribution in [0, 0.1) is 0 Å². The summed E-state index contributed by atoms with van der Waals surface area (Å²) in [6.45, 7) is 2.53. The molecule has 0 bridgehead atoms. The first-order valence-electron chi connectivity index (χ1n) is 14.2. The van der Waals surface area contributed by atoms with E-state index in [4.69, 9.17) is 9.05 Å². The molecule has 33 heavy (non-hydrogen) atoms. The van der Waals surface area contributed by atoms with Gasteiger partial charge < -0.3 is 18.4 Å². The highest BCUT2D eigenvalue weighted by Crippen LogP contribution is 2.43. The molecule has 1 fully saturated rings. The van der Waals surface area contributed by atoms with Gasteiger partial charge in [-0.05, 0) is 19.3 Å². The summed E-state index contributed by atoms with van der Waals surface area (Å²) in [6.07, 6.45) is 24.3. The summed E-state index contributed by atoms with van der Waals surface area (Å²) in [5.74, 6) is 0. The van der Waals surface area contributed by atoms with Crippen molar-refractivity contribution in [3.63, 3.8) is 0 Å². The van der Waals surface area contributed by atoms with Gasteiger partial charge in [-0.25, -0.2) is 0 Å². The Morgan fingerprint density at radius 2 is 1.09 bits per heavy atom.